The topological polar surface area (TPSA) is 89.8 Å². The first-order valence-electron chi connectivity index (χ1n) is 6.87. The maximum absolute atomic E-state index is 13.0. The van der Waals surface area contributed by atoms with E-state index in [0.29, 0.717) is 6.07 Å². The number of alkyl halides is 3. The highest BCUT2D eigenvalue weighted by Crippen LogP contribution is 2.34. The second kappa shape index (κ2) is 6.57. The lowest BCUT2D eigenvalue weighted by molar-refractivity contribution is -0.137. The summed E-state index contributed by atoms with van der Waals surface area (Å²) in [5, 5.41) is 3.89. The molecule has 0 spiro atoms. The maximum atomic E-state index is 13.0. The highest BCUT2D eigenvalue weighted by atomic mass is 35.5. The molecule has 2 aromatic heterocycles. The van der Waals surface area contributed by atoms with Gasteiger partial charge in [0.25, 0.3) is 10.0 Å². The number of nitrogens with one attached hydrogen (secondary N) is 1. The van der Waals surface area contributed by atoms with Crippen molar-refractivity contribution in [2.24, 2.45) is 0 Å². The average molecular weight is 404 g/mol. The normalized spacial score (nSPS) is 12.2. The Kier molecular flexibility index (Phi) is 4.59. The highest BCUT2D eigenvalue weighted by molar-refractivity contribution is 7.92. The summed E-state index contributed by atoms with van der Waals surface area (Å²) >= 11 is 5.62. The third-order valence-electron chi connectivity index (χ3n) is 3.24. The summed E-state index contributed by atoms with van der Waals surface area (Å²) in [6, 6.07) is 5.02. The number of benzene rings is 1. The molecule has 136 valence electrons. The van der Waals surface area contributed by atoms with E-state index in [1.807, 2.05) is 0 Å². The lowest BCUT2D eigenvalue weighted by Gasteiger charge is -2.15. The molecule has 0 radical (unpaired) electrons. The highest BCUT2D eigenvalue weighted by Gasteiger charge is 2.32. The van der Waals surface area contributed by atoms with Crippen molar-refractivity contribution in [1.29, 1.82) is 0 Å². The number of hydrogen-bond acceptors (Lipinski definition) is 5. The number of halogens is 4. The molecule has 0 saturated heterocycles. The van der Waals surface area contributed by atoms with Gasteiger partial charge >= 0.3 is 6.18 Å². The molecule has 0 amide bonds. The molecule has 3 aromatic rings. The fourth-order valence-electron chi connectivity index (χ4n) is 2.05. The Morgan fingerprint density at radius 1 is 1.15 bits per heavy atom. The van der Waals surface area contributed by atoms with Gasteiger partial charge in [-0.05, 0) is 30.3 Å². The summed E-state index contributed by atoms with van der Waals surface area (Å²) in [6.45, 7) is 0. The van der Waals surface area contributed by atoms with Gasteiger partial charge in [0.2, 0.25) is 0 Å². The third-order valence-corrected chi connectivity index (χ3v) is 4.82. The molecule has 3 rings (SSSR count). The second-order valence-corrected chi connectivity index (χ2v) is 7.06. The minimum absolute atomic E-state index is 0.0704. The van der Waals surface area contributed by atoms with E-state index in [4.69, 9.17) is 11.6 Å². The Bertz CT molecular complexity index is 1020. The largest absolute Gasteiger partial charge is 0.416 e. The van der Waals surface area contributed by atoms with E-state index in [9.17, 15) is 21.6 Å². The molecule has 7 nitrogen and oxygen atoms in total. The van der Waals surface area contributed by atoms with Crippen LogP contribution in [0.1, 0.15) is 5.56 Å². The fourth-order valence-corrected chi connectivity index (χ4v) is 3.17. The summed E-state index contributed by atoms with van der Waals surface area (Å²) in [4.78, 5) is 7.10. The Morgan fingerprint density at radius 3 is 2.50 bits per heavy atom. The van der Waals surface area contributed by atoms with Gasteiger partial charge in [-0.2, -0.15) is 18.3 Å². The van der Waals surface area contributed by atoms with Crippen LogP contribution in [0.3, 0.4) is 0 Å². The van der Waals surface area contributed by atoms with E-state index in [0.717, 1.165) is 23.0 Å². The minimum Gasteiger partial charge on any atom is -0.277 e. The molecule has 12 heteroatoms. The fraction of sp³-hybridized carbons (Fsp3) is 0.0714. The van der Waals surface area contributed by atoms with E-state index < -0.39 is 21.8 Å². The molecule has 0 unspecified atom stereocenters. The summed E-state index contributed by atoms with van der Waals surface area (Å²) in [7, 11) is -4.21. The predicted octanol–water partition coefficient (Wildman–Crippen LogP) is 3.14. The van der Waals surface area contributed by atoms with Gasteiger partial charge < -0.3 is 0 Å². The van der Waals surface area contributed by atoms with Crippen LogP contribution in [0.15, 0.2) is 54.1 Å². The number of aromatic nitrogens is 4. The number of hydrogen-bond donors (Lipinski definition) is 1. The Morgan fingerprint density at radius 2 is 1.92 bits per heavy atom. The van der Waals surface area contributed by atoms with Crippen molar-refractivity contribution in [3.05, 3.63) is 59.9 Å². The van der Waals surface area contributed by atoms with E-state index in [2.05, 4.69) is 19.8 Å². The molecule has 1 aromatic carbocycles. The van der Waals surface area contributed by atoms with E-state index in [-0.39, 0.29) is 21.4 Å². The second-order valence-electron chi connectivity index (χ2n) is 4.99. The molecule has 2 heterocycles. The van der Waals surface area contributed by atoms with Crippen molar-refractivity contribution < 1.29 is 21.6 Å². The van der Waals surface area contributed by atoms with Gasteiger partial charge in [0, 0.05) is 6.20 Å². The van der Waals surface area contributed by atoms with Crippen LogP contribution in [0.25, 0.3) is 5.69 Å². The lowest BCUT2D eigenvalue weighted by atomic mass is 10.1. The zero-order valence-electron chi connectivity index (χ0n) is 12.6. The van der Waals surface area contributed by atoms with Crippen LogP contribution in [0, 0.1) is 0 Å². The molecule has 0 aliphatic heterocycles. The SMILES string of the molecule is O=S(=O)(Nc1cc(C(F)(F)F)ccc1-n1cncn1)c1ccc(Cl)nc1. The van der Waals surface area contributed by atoms with E-state index in [1.165, 1.54) is 24.8 Å². The van der Waals surface area contributed by atoms with Crippen LogP contribution in [0.4, 0.5) is 18.9 Å². The van der Waals surface area contributed by atoms with Gasteiger partial charge in [0.1, 0.15) is 22.7 Å². The first kappa shape index (κ1) is 18.1. The summed E-state index contributed by atoms with van der Waals surface area (Å²) in [5.41, 5.74) is -1.27. The van der Waals surface area contributed by atoms with Crippen molar-refractivity contribution in [1.82, 2.24) is 19.7 Å². The zero-order valence-corrected chi connectivity index (χ0v) is 14.2. The number of nitrogens with zero attached hydrogens (tertiary/aromatic N) is 4. The Balaban J connectivity index is 2.08. The number of anilines is 1. The van der Waals surface area contributed by atoms with Crippen LogP contribution < -0.4 is 4.72 Å². The summed E-state index contributed by atoms with van der Waals surface area (Å²) < 4.78 is 67.2. The van der Waals surface area contributed by atoms with Gasteiger partial charge in [-0.15, -0.1) is 0 Å². The predicted molar refractivity (Wildman–Crippen MR) is 86.4 cm³/mol. The maximum Gasteiger partial charge on any atom is 0.416 e. The minimum atomic E-state index is -4.65. The van der Waals surface area contributed by atoms with Crippen molar-refractivity contribution in [3.8, 4) is 5.69 Å². The van der Waals surface area contributed by atoms with Gasteiger partial charge in [-0.25, -0.2) is 23.1 Å². The van der Waals surface area contributed by atoms with Gasteiger partial charge in [0.05, 0.1) is 16.9 Å². The van der Waals surface area contributed by atoms with E-state index >= 15 is 0 Å². The monoisotopic (exact) mass is 403 g/mol. The first-order valence-corrected chi connectivity index (χ1v) is 8.73. The molecule has 26 heavy (non-hydrogen) atoms. The van der Waals surface area contributed by atoms with Crippen LogP contribution >= 0.6 is 11.6 Å². The molecule has 0 saturated carbocycles. The molecular weight excluding hydrogens is 395 g/mol. The van der Waals surface area contributed by atoms with Crippen molar-refractivity contribution in [2.75, 3.05) is 4.72 Å². The molecule has 0 bridgehead atoms. The molecule has 0 aliphatic rings. The van der Waals surface area contributed by atoms with Gasteiger partial charge in [0.15, 0.2) is 0 Å². The number of sulfonamides is 1. The summed E-state index contributed by atoms with van der Waals surface area (Å²) in [6.07, 6.45) is -1.26. The number of rotatable bonds is 4. The van der Waals surface area contributed by atoms with Crippen molar-refractivity contribution in [3.63, 3.8) is 0 Å². The van der Waals surface area contributed by atoms with Gasteiger partial charge in [-0.1, -0.05) is 11.6 Å². The number of pyridine rings is 1. The van der Waals surface area contributed by atoms with Crippen LogP contribution in [-0.2, 0) is 16.2 Å². The van der Waals surface area contributed by atoms with Crippen LogP contribution in [0.2, 0.25) is 5.15 Å². The standard InChI is InChI=1S/C14H9ClF3N5O2S/c15-13-4-2-10(6-20-13)26(24,25)22-11-5-9(14(16,17)18)1-3-12(11)23-8-19-7-21-23/h1-8,22H. The van der Waals surface area contributed by atoms with Crippen LogP contribution in [-0.4, -0.2) is 28.2 Å². The first-order chi connectivity index (χ1) is 12.2. The molecule has 1 N–H and O–H groups in total. The van der Waals surface area contributed by atoms with Crippen LogP contribution in [0.5, 0.6) is 0 Å². The third kappa shape index (κ3) is 3.78. The smallest absolute Gasteiger partial charge is 0.277 e. The molecule has 0 fully saturated rings. The van der Waals surface area contributed by atoms with E-state index in [1.54, 1.807) is 0 Å². The van der Waals surface area contributed by atoms with Gasteiger partial charge in [-0.3, -0.25) is 4.72 Å². The molecule has 0 atom stereocenters. The van der Waals surface area contributed by atoms with Crippen molar-refractivity contribution >= 4 is 27.3 Å². The molecule has 0 aliphatic carbocycles. The Labute approximate surface area is 150 Å². The zero-order chi connectivity index (χ0) is 18.9. The summed E-state index contributed by atoms with van der Waals surface area (Å²) in [5.74, 6) is 0. The lowest BCUT2D eigenvalue weighted by Crippen LogP contribution is -2.16. The average Bonchev–Trinajstić information content (AvgIpc) is 3.08. The molecular formula is C14H9ClF3N5O2S. The van der Waals surface area contributed by atoms with Crippen molar-refractivity contribution in [2.45, 2.75) is 11.1 Å². The Hall–Kier alpha value is -2.66. The quantitative estimate of drug-likeness (QED) is 0.676.